The second-order valence-electron chi connectivity index (χ2n) is 4.61. The molecule has 106 valence electrons. The molecule has 2 aromatic rings. The zero-order chi connectivity index (χ0) is 14.5. The Morgan fingerprint density at radius 1 is 1.00 bits per heavy atom. The molecule has 0 aliphatic heterocycles. The molecule has 0 aliphatic carbocycles. The van der Waals surface area contributed by atoms with E-state index in [4.69, 9.17) is 0 Å². The lowest BCUT2D eigenvalue weighted by Gasteiger charge is -2.19. The van der Waals surface area contributed by atoms with E-state index < -0.39 is 17.7 Å². The maximum absolute atomic E-state index is 13.8. The van der Waals surface area contributed by atoms with Gasteiger partial charge in [0.1, 0.15) is 17.5 Å². The Hall–Kier alpha value is -1.81. The van der Waals surface area contributed by atoms with Crippen LogP contribution >= 0.6 is 0 Å². The fraction of sp³-hybridized carbons (Fsp3) is 0.250. The molecule has 1 atom stereocenters. The molecule has 20 heavy (non-hydrogen) atoms. The highest BCUT2D eigenvalue weighted by molar-refractivity contribution is 5.26. The van der Waals surface area contributed by atoms with Gasteiger partial charge in [-0.3, -0.25) is 0 Å². The predicted molar refractivity (Wildman–Crippen MR) is 72.9 cm³/mol. The highest BCUT2D eigenvalue weighted by atomic mass is 19.1. The Balaban J connectivity index is 2.29. The van der Waals surface area contributed by atoms with Crippen LogP contribution in [0.4, 0.5) is 13.2 Å². The lowest BCUT2D eigenvalue weighted by molar-refractivity contribution is 0.501. The van der Waals surface area contributed by atoms with Gasteiger partial charge in [0.05, 0.1) is 0 Å². The normalized spacial score (nSPS) is 12.4. The van der Waals surface area contributed by atoms with Gasteiger partial charge in [0, 0.05) is 11.6 Å². The topological polar surface area (TPSA) is 12.0 Å². The van der Waals surface area contributed by atoms with E-state index in [1.165, 1.54) is 18.2 Å². The molecule has 2 aromatic carbocycles. The predicted octanol–water partition coefficient (Wildman–Crippen LogP) is 4.00. The van der Waals surface area contributed by atoms with Gasteiger partial charge in [-0.2, -0.15) is 0 Å². The summed E-state index contributed by atoms with van der Waals surface area (Å²) in [5.74, 6) is -1.28. The quantitative estimate of drug-likeness (QED) is 0.872. The molecule has 0 bridgehead atoms. The molecule has 0 heterocycles. The maximum atomic E-state index is 13.8. The first-order valence-electron chi connectivity index (χ1n) is 6.53. The Labute approximate surface area is 116 Å². The van der Waals surface area contributed by atoms with Crippen LogP contribution in [0.15, 0.2) is 42.5 Å². The van der Waals surface area contributed by atoms with Gasteiger partial charge < -0.3 is 5.32 Å². The molecular formula is C16H16F3N. The average Bonchev–Trinajstić information content (AvgIpc) is 2.41. The van der Waals surface area contributed by atoms with Crippen molar-refractivity contribution >= 4 is 0 Å². The summed E-state index contributed by atoms with van der Waals surface area (Å²) in [5, 5.41) is 3.11. The SMILES string of the molecule is CCNC(Cc1cccc(F)c1)c1cc(F)ccc1F. The van der Waals surface area contributed by atoms with E-state index in [0.29, 0.717) is 13.0 Å². The minimum Gasteiger partial charge on any atom is -0.310 e. The van der Waals surface area contributed by atoms with E-state index in [1.807, 2.05) is 6.92 Å². The number of likely N-dealkylation sites (N-methyl/N-ethyl adjacent to an activating group) is 1. The van der Waals surface area contributed by atoms with Gasteiger partial charge in [-0.05, 0) is 48.9 Å². The average molecular weight is 279 g/mol. The van der Waals surface area contributed by atoms with Crippen LogP contribution in [0.25, 0.3) is 0 Å². The van der Waals surface area contributed by atoms with Crippen molar-refractivity contribution in [2.45, 2.75) is 19.4 Å². The zero-order valence-corrected chi connectivity index (χ0v) is 11.2. The number of nitrogens with one attached hydrogen (secondary N) is 1. The molecule has 0 amide bonds. The standard InChI is InChI=1S/C16H16F3N/c1-2-20-16(9-11-4-3-5-12(17)8-11)14-10-13(18)6-7-15(14)19/h3-8,10,16,20H,2,9H2,1H3. The summed E-state index contributed by atoms with van der Waals surface area (Å²) in [5.41, 5.74) is 0.996. The van der Waals surface area contributed by atoms with Crippen LogP contribution in [0.1, 0.15) is 24.1 Å². The summed E-state index contributed by atoms with van der Waals surface area (Å²) in [7, 11) is 0. The monoisotopic (exact) mass is 279 g/mol. The molecule has 4 heteroatoms. The third-order valence-corrected chi connectivity index (χ3v) is 3.11. The number of halogens is 3. The van der Waals surface area contributed by atoms with Crippen LogP contribution in [-0.4, -0.2) is 6.54 Å². The summed E-state index contributed by atoms with van der Waals surface area (Å²) in [6, 6.07) is 9.13. The molecule has 0 saturated carbocycles. The smallest absolute Gasteiger partial charge is 0.128 e. The van der Waals surface area contributed by atoms with Crippen molar-refractivity contribution in [2.75, 3.05) is 6.54 Å². The van der Waals surface area contributed by atoms with Gasteiger partial charge in [0.15, 0.2) is 0 Å². The Bertz CT molecular complexity index is 584. The summed E-state index contributed by atoms with van der Waals surface area (Å²) >= 11 is 0. The molecular weight excluding hydrogens is 263 g/mol. The summed E-state index contributed by atoms with van der Waals surface area (Å²) in [6.45, 7) is 2.49. The molecule has 0 fully saturated rings. The number of benzene rings is 2. The Morgan fingerprint density at radius 2 is 1.75 bits per heavy atom. The van der Waals surface area contributed by atoms with Gasteiger partial charge in [-0.25, -0.2) is 13.2 Å². The largest absolute Gasteiger partial charge is 0.310 e. The van der Waals surface area contributed by atoms with E-state index in [0.717, 1.165) is 17.7 Å². The third kappa shape index (κ3) is 3.61. The summed E-state index contributed by atoms with van der Waals surface area (Å²) in [4.78, 5) is 0. The first-order valence-corrected chi connectivity index (χ1v) is 6.53. The van der Waals surface area contributed by atoms with Gasteiger partial charge in [0.2, 0.25) is 0 Å². The maximum Gasteiger partial charge on any atom is 0.128 e. The van der Waals surface area contributed by atoms with E-state index in [9.17, 15) is 13.2 Å². The van der Waals surface area contributed by atoms with Crippen molar-refractivity contribution in [1.82, 2.24) is 5.32 Å². The summed E-state index contributed by atoms with van der Waals surface area (Å²) in [6.07, 6.45) is 0.395. The summed E-state index contributed by atoms with van der Waals surface area (Å²) < 4.78 is 40.3. The molecule has 2 rings (SSSR count). The lowest BCUT2D eigenvalue weighted by atomic mass is 9.98. The fourth-order valence-corrected chi connectivity index (χ4v) is 2.22. The van der Waals surface area contributed by atoms with Crippen molar-refractivity contribution in [3.8, 4) is 0 Å². The van der Waals surface area contributed by atoms with Gasteiger partial charge in [-0.15, -0.1) is 0 Å². The Morgan fingerprint density at radius 3 is 2.45 bits per heavy atom. The molecule has 1 nitrogen and oxygen atoms in total. The number of hydrogen-bond acceptors (Lipinski definition) is 1. The second-order valence-corrected chi connectivity index (χ2v) is 4.61. The lowest BCUT2D eigenvalue weighted by Crippen LogP contribution is -2.24. The molecule has 0 spiro atoms. The minimum absolute atomic E-state index is 0.260. The third-order valence-electron chi connectivity index (χ3n) is 3.11. The van der Waals surface area contributed by atoms with Crippen molar-refractivity contribution < 1.29 is 13.2 Å². The van der Waals surface area contributed by atoms with Crippen molar-refractivity contribution in [3.63, 3.8) is 0 Å². The highest BCUT2D eigenvalue weighted by Crippen LogP contribution is 2.22. The van der Waals surface area contributed by atoms with Crippen molar-refractivity contribution in [1.29, 1.82) is 0 Å². The van der Waals surface area contributed by atoms with E-state index in [1.54, 1.807) is 12.1 Å². The van der Waals surface area contributed by atoms with Crippen LogP contribution in [0.2, 0.25) is 0 Å². The van der Waals surface area contributed by atoms with E-state index in [-0.39, 0.29) is 11.4 Å². The first kappa shape index (κ1) is 14.6. The van der Waals surface area contributed by atoms with Crippen molar-refractivity contribution in [3.05, 3.63) is 71.0 Å². The Kier molecular flexibility index (Phi) is 4.79. The first-order chi connectivity index (χ1) is 9.60. The van der Waals surface area contributed by atoms with Crippen molar-refractivity contribution in [2.24, 2.45) is 0 Å². The van der Waals surface area contributed by atoms with Crippen LogP contribution in [0, 0.1) is 17.5 Å². The molecule has 1 N–H and O–H groups in total. The fourth-order valence-electron chi connectivity index (χ4n) is 2.22. The van der Waals surface area contributed by atoms with Crippen LogP contribution < -0.4 is 5.32 Å². The van der Waals surface area contributed by atoms with Crippen LogP contribution in [0.5, 0.6) is 0 Å². The molecule has 0 aliphatic rings. The highest BCUT2D eigenvalue weighted by Gasteiger charge is 2.16. The number of rotatable bonds is 5. The van der Waals surface area contributed by atoms with Crippen LogP contribution in [0.3, 0.4) is 0 Å². The molecule has 0 saturated heterocycles. The minimum atomic E-state index is -0.483. The molecule has 0 aromatic heterocycles. The van der Waals surface area contributed by atoms with Gasteiger partial charge in [-0.1, -0.05) is 19.1 Å². The molecule has 0 radical (unpaired) electrons. The van der Waals surface area contributed by atoms with Crippen LogP contribution in [-0.2, 0) is 6.42 Å². The van der Waals surface area contributed by atoms with E-state index in [2.05, 4.69) is 5.32 Å². The van der Waals surface area contributed by atoms with E-state index >= 15 is 0 Å². The number of hydrogen-bond donors (Lipinski definition) is 1. The zero-order valence-electron chi connectivity index (χ0n) is 11.2. The second kappa shape index (κ2) is 6.57. The van der Waals surface area contributed by atoms with Gasteiger partial charge >= 0.3 is 0 Å². The molecule has 1 unspecified atom stereocenters. The van der Waals surface area contributed by atoms with Gasteiger partial charge in [0.25, 0.3) is 0 Å².